The molecule has 0 saturated heterocycles. The number of rotatable bonds is 23. The van der Waals surface area contributed by atoms with E-state index in [1.807, 2.05) is 0 Å². The zero-order chi connectivity index (χ0) is 54.1. The zero-order valence-corrected chi connectivity index (χ0v) is 52.2. The smallest absolute Gasteiger partial charge is 0.0584 e. The summed E-state index contributed by atoms with van der Waals surface area (Å²) in [5, 5.41) is 41.2. The lowest BCUT2D eigenvalue weighted by molar-refractivity contribution is 0.238. The summed E-state index contributed by atoms with van der Waals surface area (Å²) in [4.78, 5) is 0. The van der Waals surface area contributed by atoms with Crippen molar-refractivity contribution in [3.63, 3.8) is 0 Å². The summed E-state index contributed by atoms with van der Waals surface area (Å²) in [5.74, 6) is 0.932. The molecule has 2 aromatic rings. The largest absolute Gasteiger partial charge is 0.395 e. The van der Waals surface area contributed by atoms with E-state index in [1.54, 1.807) is 0 Å². The predicted molar refractivity (Wildman–Crippen MR) is 346 cm³/mol. The van der Waals surface area contributed by atoms with E-state index < -0.39 is 0 Å². The van der Waals surface area contributed by atoms with Gasteiger partial charge in [0.15, 0.2) is 0 Å². The Hall–Kier alpha value is -1.31. The van der Waals surface area contributed by atoms with Gasteiger partial charge in [-0.3, -0.25) is 0 Å². The van der Waals surface area contributed by atoms with Crippen molar-refractivity contribution in [1.82, 2.24) is 42.5 Å². The second kappa shape index (κ2) is 46.1. The molecule has 0 bridgehead atoms. The Kier molecular flexibility index (Phi) is 40.9. The van der Waals surface area contributed by atoms with E-state index in [4.69, 9.17) is 5.11 Å². The number of aliphatic hydroxyl groups excluding tert-OH is 1. The standard InChI is InChI=1S/C22H32N2.C18H36N2.C14H30N2O.C14H28N2.H2S/c1-18(21-15-9-11-19-10-7-8-14-22(19)21)23-16-17-24-20-12-5-3-2-4-6-13-20;1-3-7-11-17(12-8-4-1)19-15-16-20-18-13-9-5-2-6-10-14-18;1-2-13(12-17)15-10-11-16-14-8-6-4-3-5-7-9-14;1-12-11-14(12)16-10-9-15-13-7-5-3-2-4-6-8-13;/h7-11,14-15,18,20,23-24H,2-6,12-13,16-17H2,1H3;17-20H,1-16H2;13-17H,2-12H2,1H3;12-16H,2-11H2,1H3;1H2/t;;13-;;/m..0../s1. The molecule has 6 fully saturated rings. The Balaban J connectivity index is 0.000000226. The summed E-state index contributed by atoms with van der Waals surface area (Å²) >= 11 is 0. The number of fused-ring (bicyclic) bond motifs is 1. The van der Waals surface area contributed by atoms with Gasteiger partial charge in [-0.05, 0) is 106 Å². The highest BCUT2D eigenvalue weighted by Crippen LogP contribution is 2.29. The van der Waals surface area contributed by atoms with Crippen molar-refractivity contribution in [3.05, 3.63) is 48.0 Å². The third-order valence-electron chi connectivity index (χ3n) is 18.6. The maximum absolute atomic E-state index is 9.06. The fourth-order valence-electron chi connectivity index (χ4n) is 13.2. The highest BCUT2D eigenvalue weighted by Gasteiger charge is 2.31. The van der Waals surface area contributed by atoms with Crippen molar-refractivity contribution in [3.8, 4) is 0 Å². The highest BCUT2D eigenvalue weighted by molar-refractivity contribution is 7.59. The number of hydrogen-bond donors (Lipinski definition) is 9. The Morgan fingerprint density at radius 3 is 1.06 bits per heavy atom. The summed E-state index contributed by atoms with van der Waals surface area (Å²) in [7, 11) is 0. The van der Waals surface area contributed by atoms with Gasteiger partial charge in [0.25, 0.3) is 0 Å². The van der Waals surface area contributed by atoms with Crippen molar-refractivity contribution in [2.24, 2.45) is 5.92 Å². The molecule has 9 N–H and O–H groups in total. The average molecular weight is 1110 g/mol. The minimum atomic E-state index is 0. The number of aliphatic hydroxyl groups is 1. The van der Waals surface area contributed by atoms with E-state index in [0.717, 1.165) is 87.9 Å². The first-order valence-corrected chi connectivity index (χ1v) is 34.0. The molecule has 6 aliphatic carbocycles. The number of nitrogens with one attached hydrogen (secondary N) is 8. The average Bonchev–Trinajstić information content (AvgIpc) is 4.13. The Morgan fingerprint density at radius 1 is 0.410 bits per heavy atom. The van der Waals surface area contributed by atoms with Gasteiger partial charge >= 0.3 is 0 Å². The topological polar surface area (TPSA) is 116 Å². The molecule has 0 aromatic heterocycles. The van der Waals surface area contributed by atoms with E-state index in [0.29, 0.717) is 6.04 Å². The normalized spacial score (nSPS) is 23.0. The van der Waals surface area contributed by atoms with Crippen molar-refractivity contribution < 1.29 is 5.11 Å². The summed E-state index contributed by atoms with van der Waals surface area (Å²) < 4.78 is 0. The number of benzene rings is 2. The lowest BCUT2D eigenvalue weighted by atomic mass is 9.96. The van der Waals surface area contributed by atoms with Gasteiger partial charge in [0.05, 0.1) is 6.61 Å². The van der Waals surface area contributed by atoms with Crippen LogP contribution in [0.4, 0.5) is 0 Å². The molecule has 9 nitrogen and oxygen atoms in total. The first kappa shape index (κ1) is 69.2. The summed E-state index contributed by atoms with van der Waals surface area (Å²) in [6.07, 6.45) is 52.1. The van der Waals surface area contributed by atoms with Crippen LogP contribution in [0.5, 0.6) is 0 Å². The molecule has 6 aliphatic rings. The Labute approximate surface area is 489 Å². The van der Waals surface area contributed by atoms with Crippen LogP contribution in [0.2, 0.25) is 0 Å². The minimum absolute atomic E-state index is 0. The molecule has 0 aliphatic heterocycles. The molecule has 78 heavy (non-hydrogen) atoms. The predicted octanol–water partition coefficient (Wildman–Crippen LogP) is 14.4. The summed E-state index contributed by atoms with van der Waals surface area (Å²) in [6.45, 7) is 15.7. The van der Waals surface area contributed by atoms with Gasteiger partial charge in [-0.25, -0.2) is 0 Å². The van der Waals surface area contributed by atoms with Gasteiger partial charge in [0.1, 0.15) is 0 Å². The third kappa shape index (κ3) is 32.5. The van der Waals surface area contributed by atoms with Crippen LogP contribution in [-0.2, 0) is 0 Å². The van der Waals surface area contributed by atoms with Crippen LogP contribution in [-0.4, -0.2) is 106 Å². The van der Waals surface area contributed by atoms with E-state index in [2.05, 4.69) is 106 Å². The number of hydrogen-bond acceptors (Lipinski definition) is 9. The maximum Gasteiger partial charge on any atom is 0.0584 e. The summed E-state index contributed by atoms with van der Waals surface area (Å²) in [5.41, 5.74) is 1.40. The van der Waals surface area contributed by atoms with E-state index in [1.165, 1.54) is 261 Å². The van der Waals surface area contributed by atoms with Gasteiger partial charge in [-0.1, -0.05) is 217 Å². The van der Waals surface area contributed by atoms with E-state index >= 15 is 0 Å². The first-order valence-electron chi connectivity index (χ1n) is 34.0. The van der Waals surface area contributed by atoms with Crippen LogP contribution in [0.3, 0.4) is 0 Å². The van der Waals surface area contributed by atoms with Crippen LogP contribution in [0.25, 0.3) is 10.8 Å². The second-order valence-corrected chi connectivity index (χ2v) is 25.2. The molecule has 0 radical (unpaired) electrons. The van der Waals surface area contributed by atoms with E-state index in [9.17, 15) is 0 Å². The molecule has 8 rings (SSSR count). The van der Waals surface area contributed by atoms with Gasteiger partial charge in [0, 0.05) is 101 Å². The molecule has 2 aromatic carbocycles. The molecule has 0 heterocycles. The van der Waals surface area contributed by atoms with Crippen molar-refractivity contribution in [2.45, 2.75) is 307 Å². The first-order chi connectivity index (χ1) is 38.0. The molecule has 10 heteroatoms. The fourth-order valence-corrected chi connectivity index (χ4v) is 13.2. The van der Waals surface area contributed by atoms with Crippen LogP contribution < -0.4 is 42.5 Å². The lowest BCUT2D eigenvalue weighted by Crippen LogP contribution is -2.40. The third-order valence-corrected chi connectivity index (χ3v) is 18.6. The molecular formula is C68H128N8OS. The van der Waals surface area contributed by atoms with Crippen LogP contribution in [0.1, 0.15) is 270 Å². The lowest BCUT2D eigenvalue weighted by Gasteiger charge is -2.24. The van der Waals surface area contributed by atoms with Crippen LogP contribution in [0.15, 0.2) is 42.5 Å². The highest BCUT2D eigenvalue weighted by atomic mass is 32.1. The molecule has 0 amide bonds. The SMILES string of the molecule is C1CCCC(NCCNC2CCCCCCC2)CCC1.CC(NCCNC1CCCCCCC1)c1cccc2ccccc12.CC1CC1NCCNC1CCCCCCC1.CC[C@@H](CO)NCCNC1CCCCCCC1.S. The summed E-state index contributed by atoms with van der Waals surface area (Å²) in [6, 6.07) is 20.7. The van der Waals surface area contributed by atoms with Crippen molar-refractivity contribution in [1.29, 1.82) is 0 Å². The minimum Gasteiger partial charge on any atom is -0.395 e. The van der Waals surface area contributed by atoms with E-state index in [-0.39, 0.29) is 26.1 Å². The quantitative estimate of drug-likeness (QED) is 0.0502. The fraction of sp³-hybridized carbons (Fsp3) is 0.853. The monoisotopic (exact) mass is 1100 g/mol. The molecule has 0 spiro atoms. The zero-order valence-electron chi connectivity index (χ0n) is 51.2. The Morgan fingerprint density at radius 2 is 0.718 bits per heavy atom. The molecule has 452 valence electrons. The maximum atomic E-state index is 9.06. The van der Waals surface area contributed by atoms with Crippen molar-refractivity contribution in [2.75, 3.05) is 59.0 Å². The second-order valence-electron chi connectivity index (χ2n) is 25.2. The molecule has 6 saturated carbocycles. The van der Waals surface area contributed by atoms with Gasteiger partial charge in [-0.15, -0.1) is 0 Å². The molecular weight excluding hydrogens is 977 g/mol. The molecule has 3 unspecified atom stereocenters. The Bertz CT molecular complexity index is 1600. The van der Waals surface area contributed by atoms with Gasteiger partial charge < -0.3 is 47.6 Å². The van der Waals surface area contributed by atoms with Crippen LogP contribution in [0, 0.1) is 5.92 Å². The van der Waals surface area contributed by atoms with Crippen molar-refractivity contribution >= 4 is 24.3 Å². The van der Waals surface area contributed by atoms with Gasteiger partial charge in [0.2, 0.25) is 0 Å². The molecule has 4 atom stereocenters. The van der Waals surface area contributed by atoms with Crippen LogP contribution >= 0.6 is 13.5 Å². The van der Waals surface area contributed by atoms with Gasteiger partial charge in [-0.2, -0.15) is 13.5 Å².